The number of nitro benzene ring substituents is 1. The number of aromatic carboxylic acids is 1. The summed E-state index contributed by atoms with van der Waals surface area (Å²) < 4.78 is 0. The molecule has 108 valence electrons. The summed E-state index contributed by atoms with van der Waals surface area (Å²) in [5.41, 5.74) is 0.924. The summed E-state index contributed by atoms with van der Waals surface area (Å²) in [6.07, 6.45) is 0. The van der Waals surface area contributed by atoms with E-state index in [1.54, 1.807) is 6.07 Å². The number of carboxylic acids is 1. The summed E-state index contributed by atoms with van der Waals surface area (Å²) in [6, 6.07) is 16.8. The van der Waals surface area contributed by atoms with Crippen molar-refractivity contribution in [1.82, 2.24) is 0 Å². The first-order chi connectivity index (χ1) is 10.6. The molecule has 0 atom stereocenters. The molecule has 0 spiro atoms. The normalized spacial score (nSPS) is 10.5. The number of non-ortho nitro benzene ring substituents is 1. The van der Waals surface area contributed by atoms with Gasteiger partial charge in [-0.2, -0.15) is 0 Å². The Morgan fingerprint density at radius 1 is 0.955 bits per heavy atom. The van der Waals surface area contributed by atoms with Crippen LogP contribution in [0.1, 0.15) is 10.4 Å². The fourth-order valence-corrected chi connectivity index (χ4v) is 2.52. The predicted octanol–water partition coefficient (Wildman–Crippen LogP) is 4.11. The molecule has 0 amide bonds. The molecule has 0 saturated heterocycles. The van der Waals surface area contributed by atoms with Crippen LogP contribution in [-0.2, 0) is 0 Å². The van der Waals surface area contributed by atoms with Crippen LogP contribution < -0.4 is 0 Å². The maximum absolute atomic E-state index is 11.4. The van der Waals surface area contributed by atoms with Gasteiger partial charge in [0.25, 0.3) is 5.69 Å². The molecule has 3 aromatic rings. The number of hydrogen-bond donors (Lipinski definition) is 1. The van der Waals surface area contributed by atoms with Crippen LogP contribution >= 0.6 is 0 Å². The van der Waals surface area contributed by atoms with E-state index < -0.39 is 10.9 Å². The zero-order chi connectivity index (χ0) is 15.7. The van der Waals surface area contributed by atoms with Gasteiger partial charge >= 0.3 is 5.97 Å². The van der Waals surface area contributed by atoms with Gasteiger partial charge in [-0.15, -0.1) is 0 Å². The summed E-state index contributed by atoms with van der Waals surface area (Å²) >= 11 is 0. The topological polar surface area (TPSA) is 80.4 Å². The molecule has 0 saturated carbocycles. The number of nitrogens with zero attached hydrogens (tertiary/aromatic N) is 1. The van der Waals surface area contributed by atoms with Crippen LogP contribution in [0, 0.1) is 10.1 Å². The highest BCUT2D eigenvalue weighted by atomic mass is 16.6. The first-order valence-electron chi connectivity index (χ1n) is 6.58. The van der Waals surface area contributed by atoms with Gasteiger partial charge in [0.05, 0.1) is 10.5 Å². The maximum Gasteiger partial charge on any atom is 0.336 e. The van der Waals surface area contributed by atoms with Crippen LogP contribution in [0.3, 0.4) is 0 Å². The minimum absolute atomic E-state index is 0.0435. The number of nitro groups is 1. The van der Waals surface area contributed by atoms with E-state index >= 15 is 0 Å². The third-order valence-corrected chi connectivity index (χ3v) is 3.52. The SMILES string of the molecule is O=C(O)c1ccc([N+](=O)[O-])cc1-c1cccc2ccccc12. The summed E-state index contributed by atoms with van der Waals surface area (Å²) in [6.45, 7) is 0. The largest absolute Gasteiger partial charge is 0.478 e. The lowest BCUT2D eigenvalue weighted by atomic mass is 9.94. The van der Waals surface area contributed by atoms with Gasteiger partial charge in [0.2, 0.25) is 0 Å². The summed E-state index contributed by atoms with van der Waals surface area (Å²) in [7, 11) is 0. The van der Waals surface area contributed by atoms with Gasteiger partial charge in [-0.05, 0) is 22.4 Å². The predicted molar refractivity (Wildman–Crippen MR) is 83.0 cm³/mol. The molecule has 0 fully saturated rings. The third kappa shape index (κ3) is 2.29. The molecule has 0 bridgehead atoms. The van der Waals surface area contributed by atoms with E-state index in [1.165, 1.54) is 18.2 Å². The number of hydrogen-bond acceptors (Lipinski definition) is 3. The first kappa shape index (κ1) is 13.8. The lowest BCUT2D eigenvalue weighted by molar-refractivity contribution is -0.384. The van der Waals surface area contributed by atoms with Crippen LogP contribution in [0.15, 0.2) is 60.7 Å². The van der Waals surface area contributed by atoms with Gasteiger partial charge in [0.15, 0.2) is 0 Å². The van der Waals surface area contributed by atoms with Gasteiger partial charge in [-0.25, -0.2) is 4.79 Å². The van der Waals surface area contributed by atoms with E-state index in [2.05, 4.69) is 0 Å². The smallest absolute Gasteiger partial charge is 0.336 e. The van der Waals surface area contributed by atoms with Crippen molar-refractivity contribution in [2.75, 3.05) is 0 Å². The molecule has 5 nitrogen and oxygen atoms in total. The zero-order valence-corrected chi connectivity index (χ0v) is 11.4. The monoisotopic (exact) mass is 293 g/mol. The van der Waals surface area contributed by atoms with Gasteiger partial charge in [0.1, 0.15) is 0 Å². The van der Waals surface area contributed by atoms with Gasteiger partial charge in [0, 0.05) is 17.7 Å². The van der Waals surface area contributed by atoms with Crippen LogP contribution in [0.25, 0.3) is 21.9 Å². The molecule has 0 aliphatic rings. The maximum atomic E-state index is 11.4. The molecular formula is C17H11NO4. The Labute approximate surface area is 125 Å². The number of fused-ring (bicyclic) bond motifs is 1. The number of rotatable bonds is 3. The number of carbonyl (C=O) groups is 1. The van der Waals surface area contributed by atoms with E-state index in [4.69, 9.17) is 0 Å². The summed E-state index contributed by atoms with van der Waals surface area (Å²) in [5, 5.41) is 22.1. The second-order valence-electron chi connectivity index (χ2n) is 4.82. The molecule has 0 heterocycles. The number of benzene rings is 3. The van der Waals surface area contributed by atoms with Crippen molar-refractivity contribution in [2.24, 2.45) is 0 Å². The van der Waals surface area contributed by atoms with Crippen LogP contribution in [-0.4, -0.2) is 16.0 Å². The minimum atomic E-state index is -1.11. The van der Waals surface area contributed by atoms with E-state index in [-0.39, 0.29) is 11.3 Å². The van der Waals surface area contributed by atoms with Crippen molar-refractivity contribution in [3.63, 3.8) is 0 Å². The van der Waals surface area contributed by atoms with Crippen molar-refractivity contribution < 1.29 is 14.8 Å². The summed E-state index contributed by atoms with van der Waals surface area (Å²) in [5.74, 6) is -1.11. The highest BCUT2D eigenvalue weighted by Gasteiger charge is 2.18. The Morgan fingerprint density at radius 3 is 2.41 bits per heavy atom. The average molecular weight is 293 g/mol. The van der Waals surface area contributed by atoms with Crippen molar-refractivity contribution in [2.45, 2.75) is 0 Å². The van der Waals surface area contributed by atoms with E-state index in [0.29, 0.717) is 11.1 Å². The second-order valence-corrected chi connectivity index (χ2v) is 4.82. The zero-order valence-electron chi connectivity index (χ0n) is 11.4. The van der Waals surface area contributed by atoms with E-state index in [9.17, 15) is 20.0 Å². The van der Waals surface area contributed by atoms with Crippen molar-refractivity contribution in [3.8, 4) is 11.1 Å². The summed E-state index contributed by atoms with van der Waals surface area (Å²) in [4.78, 5) is 21.9. The lowest BCUT2D eigenvalue weighted by Gasteiger charge is -2.10. The number of carboxylic acid groups (broad SMARTS) is 1. The Balaban J connectivity index is 2.35. The van der Waals surface area contributed by atoms with Crippen LogP contribution in [0.5, 0.6) is 0 Å². The quantitative estimate of drug-likeness (QED) is 0.582. The van der Waals surface area contributed by atoms with Gasteiger partial charge < -0.3 is 5.11 Å². The van der Waals surface area contributed by atoms with E-state index in [0.717, 1.165) is 10.8 Å². The standard InChI is InChI=1S/C17H11NO4/c19-17(20)15-9-8-12(18(21)22)10-16(15)14-7-3-5-11-4-1-2-6-13(11)14/h1-10H,(H,19,20). The molecule has 0 aliphatic heterocycles. The molecule has 0 radical (unpaired) electrons. The minimum Gasteiger partial charge on any atom is -0.478 e. The Morgan fingerprint density at radius 2 is 1.68 bits per heavy atom. The molecule has 3 aromatic carbocycles. The molecule has 0 unspecified atom stereocenters. The Kier molecular flexibility index (Phi) is 3.31. The molecule has 0 aliphatic carbocycles. The third-order valence-electron chi connectivity index (χ3n) is 3.52. The van der Waals surface area contributed by atoms with Crippen LogP contribution in [0.4, 0.5) is 5.69 Å². The molecule has 3 rings (SSSR count). The fraction of sp³-hybridized carbons (Fsp3) is 0. The molecular weight excluding hydrogens is 282 g/mol. The van der Waals surface area contributed by atoms with Crippen LogP contribution in [0.2, 0.25) is 0 Å². The lowest BCUT2D eigenvalue weighted by Crippen LogP contribution is -2.01. The highest BCUT2D eigenvalue weighted by Crippen LogP contribution is 2.33. The molecule has 1 N–H and O–H groups in total. The average Bonchev–Trinajstić information content (AvgIpc) is 2.53. The van der Waals surface area contributed by atoms with Gasteiger partial charge in [-0.1, -0.05) is 42.5 Å². The van der Waals surface area contributed by atoms with E-state index in [1.807, 2.05) is 36.4 Å². The fourth-order valence-electron chi connectivity index (χ4n) is 2.52. The Hall–Kier alpha value is -3.21. The Bertz CT molecular complexity index is 897. The molecule has 0 aromatic heterocycles. The van der Waals surface area contributed by atoms with Crippen molar-refractivity contribution >= 4 is 22.4 Å². The van der Waals surface area contributed by atoms with Crippen molar-refractivity contribution in [1.29, 1.82) is 0 Å². The first-order valence-corrected chi connectivity index (χ1v) is 6.58. The highest BCUT2D eigenvalue weighted by molar-refractivity contribution is 6.04. The second kappa shape index (κ2) is 5.29. The molecule has 5 heteroatoms. The van der Waals surface area contributed by atoms with Gasteiger partial charge in [-0.3, -0.25) is 10.1 Å². The van der Waals surface area contributed by atoms with Crippen molar-refractivity contribution in [3.05, 3.63) is 76.3 Å². The molecule has 22 heavy (non-hydrogen) atoms.